The second kappa shape index (κ2) is 6.22. The molecule has 1 N–H and O–H groups in total. The Morgan fingerprint density at radius 2 is 1.57 bits per heavy atom. The van der Waals surface area contributed by atoms with E-state index in [4.69, 9.17) is 0 Å². The quantitative estimate of drug-likeness (QED) is 0.850. The molecule has 1 saturated heterocycles. The van der Waals surface area contributed by atoms with Crippen molar-refractivity contribution in [1.29, 1.82) is 0 Å². The molecule has 1 aliphatic carbocycles. The molecule has 0 spiro atoms. The number of ketones is 2. The van der Waals surface area contributed by atoms with Crippen LogP contribution in [0, 0.1) is 0 Å². The van der Waals surface area contributed by atoms with Gasteiger partial charge in [0.15, 0.2) is 0 Å². The van der Waals surface area contributed by atoms with Crippen LogP contribution in [-0.2, 0) is 4.79 Å². The molecule has 4 heteroatoms. The van der Waals surface area contributed by atoms with Gasteiger partial charge in [-0.3, -0.25) is 14.5 Å². The molecule has 2 aliphatic rings. The topological polar surface area (TPSA) is 57.6 Å². The summed E-state index contributed by atoms with van der Waals surface area (Å²) in [7, 11) is 0. The normalized spacial score (nSPS) is 19.2. The maximum atomic E-state index is 12.2. The first-order valence-corrected chi connectivity index (χ1v) is 7.01. The minimum absolute atomic E-state index is 0. The lowest BCUT2D eigenvalue weighted by Gasteiger charge is -2.28. The van der Waals surface area contributed by atoms with E-state index in [9.17, 15) is 14.7 Å². The van der Waals surface area contributed by atoms with Crippen LogP contribution in [0.15, 0.2) is 29.8 Å². The highest BCUT2D eigenvalue weighted by Crippen LogP contribution is 2.28. The number of piperidine rings is 1. The molecule has 0 atom stereocenters. The number of rotatable bonds is 2. The molecule has 3 rings (SSSR count). The Morgan fingerprint density at radius 3 is 2.24 bits per heavy atom. The van der Waals surface area contributed by atoms with E-state index < -0.39 is 11.6 Å². The molecule has 1 aromatic carbocycles. The SMILES string of the molecule is C.O=C1C(=O)c2ccccc2C(O)=C1CN1CCCCC1. The molecule has 21 heavy (non-hydrogen) atoms. The maximum Gasteiger partial charge on any atom is 0.234 e. The zero-order chi connectivity index (χ0) is 14.1. The third kappa shape index (κ3) is 2.76. The molecule has 1 fully saturated rings. The van der Waals surface area contributed by atoms with Crippen molar-refractivity contribution in [3.8, 4) is 0 Å². The number of hydrogen-bond acceptors (Lipinski definition) is 4. The second-order valence-electron chi connectivity index (χ2n) is 5.37. The summed E-state index contributed by atoms with van der Waals surface area (Å²) >= 11 is 0. The van der Waals surface area contributed by atoms with Gasteiger partial charge in [-0.1, -0.05) is 38.1 Å². The van der Waals surface area contributed by atoms with Gasteiger partial charge < -0.3 is 5.11 Å². The van der Waals surface area contributed by atoms with Gasteiger partial charge >= 0.3 is 0 Å². The Morgan fingerprint density at radius 1 is 0.952 bits per heavy atom. The zero-order valence-corrected chi connectivity index (χ0v) is 11.3. The summed E-state index contributed by atoms with van der Waals surface area (Å²) in [5.74, 6) is -1.10. The van der Waals surface area contributed by atoms with Crippen LogP contribution in [0.25, 0.3) is 5.76 Å². The van der Waals surface area contributed by atoms with Crippen molar-refractivity contribution in [1.82, 2.24) is 4.90 Å². The molecule has 0 aromatic heterocycles. The molecule has 0 bridgehead atoms. The van der Waals surface area contributed by atoms with Gasteiger partial charge in [0.05, 0.1) is 5.57 Å². The molecule has 0 unspecified atom stereocenters. The second-order valence-corrected chi connectivity index (χ2v) is 5.37. The monoisotopic (exact) mass is 287 g/mol. The summed E-state index contributed by atoms with van der Waals surface area (Å²) in [5.41, 5.74) is 1.03. The van der Waals surface area contributed by atoms with E-state index in [-0.39, 0.29) is 18.8 Å². The Hall–Kier alpha value is -1.94. The Bertz CT molecular complexity index is 598. The summed E-state index contributed by atoms with van der Waals surface area (Å²) in [6, 6.07) is 6.73. The van der Waals surface area contributed by atoms with E-state index in [2.05, 4.69) is 4.90 Å². The summed E-state index contributed by atoms with van der Waals surface area (Å²) in [6.45, 7) is 2.20. The van der Waals surface area contributed by atoms with Crippen LogP contribution in [0.1, 0.15) is 42.6 Å². The molecule has 0 amide bonds. The lowest BCUT2D eigenvalue weighted by molar-refractivity contribution is -0.112. The number of likely N-dealkylation sites (tertiary alicyclic amines) is 1. The van der Waals surface area contributed by atoms with Gasteiger partial charge in [-0.05, 0) is 25.9 Å². The van der Waals surface area contributed by atoms with Gasteiger partial charge in [-0.2, -0.15) is 0 Å². The summed E-state index contributed by atoms with van der Waals surface area (Å²) in [6.07, 6.45) is 3.41. The number of carbonyl (C=O) groups is 2. The lowest BCUT2D eigenvalue weighted by atomic mass is 9.88. The van der Waals surface area contributed by atoms with Gasteiger partial charge in [-0.15, -0.1) is 0 Å². The van der Waals surface area contributed by atoms with Crippen LogP contribution in [0.5, 0.6) is 0 Å². The number of carbonyl (C=O) groups excluding carboxylic acids is 2. The molecule has 1 heterocycles. The fraction of sp³-hybridized carbons (Fsp3) is 0.412. The average molecular weight is 287 g/mol. The van der Waals surface area contributed by atoms with Crippen molar-refractivity contribution >= 4 is 17.3 Å². The third-order valence-electron chi connectivity index (χ3n) is 4.02. The molecule has 1 aliphatic heterocycles. The van der Waals surface area contributed by atoms with Crippen molar-refractivity contribution in [3.05, 3.63) is 41.0 Å². The number of fused-ring (bicyclic) bond motifs is 1. The first-order valence-electron chi connectivity index (χ1n) is 7.01. The number of aliphatic hydroxyl groups excluding tert-OH is 1. The minimum Gasteiger partial charge on any atom is -0.507 e. The number of aliphatic hydroxyl groups is 1. The molecule has 4 nitrogen and oxygen atoms in total. The van der Waals surface area contributed by atoms with Crippen LogP contribution in [0.2, 0.25) is 0 Å². The Kier molecular flexibility index (Phi) is 4.58. The van der Waals surface area contributed by atoms with Crippen molar-refractivity contribution in [2.75, 3.05) is 19.6 Å². The summed E-state index contributed by atoms with van der Waals surface area (Å²) in [4.78, 5) is 26.4. The minimum atomic E-state index is -0.563. The number of nitrogens with zero attached hydrogens (tertiary/aromatic N) is 1. The predicted molar refractivity (Wildman–Crippen MR) is 82.4 cm³/mol. The largest absolute Gasteiger partial charge is 0.507 e. The predicted octanol–water partition coefficient (Wildman–Crippen LogP) is 2.84. The highest BCUT2D eigenvalue weighted by Gasteiger charge is 2.33. The molecular weight excluding hydrogens is 266 g/mol. The molecule has 1 aromatic rings. The van der Waals surface area contributed by atoms with Gasteiger partial charge in [-0.25, -0.2) is 0 Å². The Balaban J connectivity index is 0.00000161. The highest BCUT2D eigenvalue weighted by molar-refractivity contribution is 6.52. The van der Waals surface area contributed by atoms with Crippen molar-refractivity contribution < 1.29 is 14.7 Å². The first-order chi connectivity index (χ1) is 9.68. The van der Waals surface area contributed by atoms with Crippen molar-refractivity contribution in [2.45, 2.75) is 26.7 Å². The summed E-state index contributed by atoms with van der Waals surface area (Å²) in [5, 5.41) is 10.3. The highest BCUT2D eigenvalue weighted by atomic mass is 16.3. The average Bonchev–Trinajstić information content (AvgIpc) is 2.50. The number of benzene rings is 1. The zero-order valence-electron chi connectivity index (χ0n) is 11.3. The van der Waals surface area contributed by atoms with Crippen molar-refractivity contribution in [2.24, 2.45) is 0 Å². The van der Waals surface area contributed by atoms with Gasteiger partial charge in [0.1, 0.15) is 5.76 Å². The summed E-state index contributed by atoms with van der Waals surface area (Å²) < 4.78 is 0. The van der Waals surface area contributed by atoms with Crippen LogP contribution in [-0.4, -0.2) is 41.2 Å². The van der Waals surface area contributed by atoms with Crippen molar-refractivity contribution in [3.63, 3.8) is 0 Å². The van der Waals surface area contributed by atoms with Crippen LogP contribution in [0.3, 0.4) is 0 Å². The molecule has 0 saturated carbocycles. The fourth-order valence-electron chi connectivity index (χ4n) is 2.90. The number of hydrogen-bond donors (Lipinski definition) is 1. The van der Waals surface area contributed by atoms with E-state index in [0.717, 1.165) is 25.9 Å². The molecule has 112 valence electrons. The lowest BCUT2D eigenvalue weighted by Crippen LogP contribution is -2.36. The van der Waals surface area contributed by atoms with Gasteiger partial charge in [0, 0.05) is 17.7 Å². The van der Waals surface area contributed by atoms with Gasteiger partial charge in [0.2, 0.25) is 11.6 Å². The smallest absolute Gasteiger partial charge is 0.234 e. The van der Waals surface area contributed by atoms with Crippen LogP contribution < -0.4 is 0 Å². The standard InChI is InChI=1S/C16H17NO3.CH4/c18-14-11-6-2-3-7-12(11)15(19)16(20)13(14)10-17-8-4-1-5-9-17;/h2-3,6-7,18H,1,4-5,8-10H2;1H4. The van der Waals surface area contributed by atoms with E-state index in [1.807, 2.05) is 0 Å². The van der Waals surface area contributed by atoms with E-state index in [1.54, 1.807) is 24.3 Å². The van der Waals surface area contributed by atoms with Gasteiger partial charge in [0.25, 0.3) is 0 Å². The fourth-order valence-corrected chi connectivity index (χ4v) is 2.90. The number of Topliss-reactive ketones (excluding diaryl/α,β-unsaturated/α-hetero) is 2. The third-order valence-corrected chi connectivity index (χ3v) is 4.02. The van der Waals surface area contributed by atoms with E-state index >= 15 is 0 Å². The molecular formula is C17H21NO3. The molecule has 0 radical (unpaired) electrons. The van der Waals surface area contributed by atoms with E-state index in [0.29, 0.717) is 17.7 Å². The first kappa shape index (κ1) is 15.4. The maximum absolute atomic E-state index is 12.2. The van der Waals surface area contributed by atoms with E-state index in [1.165, 1.54) is 6.42 Å². The van der Waals surface area contributed by atoms with Crippen LogP contribution in [0.4, 0.5) is 0 Å². The van der Waals surface area contributed by atoms with Crippen LogP contribution >= 0.6 is 0 Å². The Labute approximate surface area is 125 Å².